The van der Waals surface area contributed by atoms with Gasteiger partial charge in [-0.3, -0.25) is 14.6 Å². The van der Waals surface area contributed by atoms with Crippen LogP contribution < -0.4 is 10.6 Å². The summed E-state index contributed by atoms with van der Waals surface area (Å²) in [5.74, 6) is 0.350. The van der Waals surface area contributed by atoms with Gasteiger partial charge in [-0.05, 0) is 44.4 Å². The molecule has 28 heavy (non-hydrogen) atoms. The summed E-state index contributed by atoms with van der Waals surface area (Å²) in [6.07, 6.45) is 1.45. The predicted octanol–water partition coefficient (Wildman–Crippen LogP) is 3.16. The lowest BCUT2D eigenvalue weighted by Gasteiger charge is -2.33. The number of benzene rings is 1. The second-order valence-corrected chi connectivity index (χ2v) is 7.34. The van der Waals surface area contributed by atoms with Crippen molar-refractivity contribution < 1.29 is 14.3 Å². The molecule has 1 fully saturated rings. The second-order valence-electron chi connectivity index (χ2n) is 6.42. The monoisotopic (exact) mass is 566 g/mol. The van der Waals surface area contributed by atoms with E-state index in [-0.39, 0.29) is 48.3 Å². The Morgan fingerprint density at radius 1 is 1.32 bits per heavy atom. The van der Waals surface area contributed by atoms with Crippen molar-refractivity contribution in [3.05, 3.63) is 28.2 Å². The number of anilines is 1. The molecule has 0 radical (unpaired) electrons. The van der Waals surface area contributed by atoms with Gasteiger partial charge in [-0.1, -0.05) is 22.0 Å². The minimum absolute atomic E-state index is 0. The maximum atomic E-state index is 12.3. The number of halogens is 2. The molecule has 1 aliphatic heterocycles. The van der Waals surface area contributed by atoms with Gasteiger partial charge in [0.1, 0.15) is 0 Å². The summed E-state index contributed by atoms with van der Waals surface area (Å²) in [6, 6.07) is 5.76. The molecular weight excluding hydrogens is 539 g/mol. The zero-order valence-electron chi connectivity index (χ0n) is 16.5. The highest BCUT2D eigenvalue weighted by Crippen LogP contribution is 2.21. The van der Waals surface area contributed by atoms with E-state index in [1.165, 1.54) is 0 Å². The minimum atomic E-state index is -0.140. The number of esters is 1. The fourth-order valence-corrected chi connectivity index (χ4v) is 3.36. The molecule has 0 spiro atoms. The number of hydrogen-bond donors (Lipinski definition) is 2. The van der Waals surface area contributed by atoms with E-state index in [1.54, 1.807) is 7.05 Å². The Labute approximate surface area is 191 Å². The third kappa shape index (κ3) is 7.23. The van der Waals surface area contributed by atoms with Crippen molar-refractivity contribution >= 4 is 63.4 Å². The molecule has 9 heteroatoms. The summed E-state index contributed by atoms with van der Waals surface area (Å²) in [6.45, 7) is 5.71. The summed E-state index contributed by atoms with van der Waals surface area (Å²) in [5.41, 5.74) is 1.78. The molecule has 0 aliphatic carbocycles. The van der Waals surface area contributed by atoms with Crippen LogP contribution >= 0.6 is 39.9 Å². The number of nitrogens with one attached hydrogen (secondary N) is 2. The van der Waals surface area contributed by atoms with E-state index in [0.717, 1.165) is 28.6 Å². The highest BCUT2D eigenvalue weighted by molar-refractivity contribution is 14.0. The molecule has 1 heterocycles. The first-order valence-corrected chi connectivity index (χ1v) is 9.92. The normalized spacial score (nSPS) is 14.9. The molecule has 0 aromatic heterocycles. The first kappa shape index (κ1) is 24.7. The van der Waals surface area contributed by atoms with Gasteiger partial charge in [0.05, 0.1) is 19.1 Å². The van der Waals surface area contributed by atoms with Crippen LogP contribution in [0, 0.1) is 12.8 Å². The van der Waals surface area contributed by atoms with Crippen molar-refractivity contribution in [2.24, 2.45) is 10.9 Å². The van der Waals surface area contributed by atoms with Crippen molar-refractivity contribution in [1.29, 1.82) is 0 Å². The largest absolute Gasteiger partial charge is 0.466 e. The second kappa shape index (κ2) is 12.3. The van der Waals surface area contributed by atoms with Crippen molar-refractivity contribution in [3.8, 4) is 0 Å². The number of aryl methyl sites for hydroxylation is 1. The first-order valence-electron chi connectivity index (χ1n) is 9.12. The quantitative estimate of drug-likeness (QED) is 0.248. The molecule has 0 unspecified atom stereocenters. The van der Waals surface area contributed by atoms with Gasteiger partial charge in [-0.15, -0.1) is 24.0 Å². The van der Waals surface area contributed by atoms with E-state index in [4.69, 9.17) is 4.74 Å². The molecule has 0 atom stereocenters. The summed E-state index contributed by atoms with van der Waals surface area (Å²) in [7, 11) is 1.69. The van der Waals surface area contributed by atoms with Gasteiger partial charge in [0.2, 0.25) is 5.91 Å². The topological polar surface area (TPSA) is 83.0 Å². The van der Waals surface area contributed by atoms with Crippen molar-refractivity contribution in [2.45, 2.75) is 26.7 Å². The van der Waals surface area contributed by atoms with Crippen LogP contribution in [0.5, 0.6) is 0 Å². The average Bonchev–Trinajstić information content (AvgIpc) is 2.66. The lowest BCUT2D eigenvalue weighted by atomic mass is 9.97. The Bertz CT molecular complexity index is 706. The number of guanidine groups is 1. The number of piperidine rings is 1. The average molecular weight is 567 g/mol. The summed E-state index contributed by atoms with van der Waals surface area (Å²) < 4.78 is 6.01. The molecule has 1 amide bonds. The van der Waals surface area contributed by atoms with Crippen LogP contribution in [0.2, 0.25) is 0 Å². The highest BCUT2D eigenvalue weighted by atomic mass is 127. The van der Waals surface area contributed by atoms with Crippen LogP contribution in [0.15, 0.2) is 27.7 Å². The maximum absolute atomic E-state index is 12.3. The number of nitrogens with zero attached hydrogens (tertiary/aromatic N) is 2. The fourth-order valence-electron chi connectivity index (χ4n) is 3.00. The number of hydrogen-bond acceptors (Lipinski definition) is 4. The van der Waals surface area contributed by atoms with Gasteiger partial charge in [0.25, 0.3) is 0 Å². The molecule has 156 valence electrons. The zero-order chi connectivity index (χ0) is 19.8. The molecule has 1 aromatic rings. The van der Waals surface area contributed by atoms with E-state index >= 15 is 0 Å². The van der Waals surface area contributed by atoms with Gasteiger partial charge in [0, 0.05) is 30.3 Å². The molecule has 1 aliphatic rings. The number of carbonyl (C=O) groups is 2. The molecular formula is C19H28BrIN4O3. The first-order chi connectivity index (χ1) is 12.9. The fraction of sp³-hybridized carbons (Fsp3) is 0.526. The number of aliphatic imine (C=N–C) groups is 1. The van der Waals surface area contributed by atoms with Crippen LogP contribution in [-0.2, 0) is 14.3 Å². The standard InChI is InChI=1S/C19H27BrN4O3.HI/c1-4-27-18(26)14-7-9-24(10-8-14)19(21-3)22-12-17(25)23-16-11-15(20)6-5-13(16)2;/h5-6,11,14H,4,7-10,12H2,1-3H3,(H,21,22)(H,23,25);1H. The number of ether oxygens (including phenoxy) is 1. The van der Waals surface area contributed by atoms with Crippen LogP contribution in [0.25, 0.3) is 0 Å². The Morgan fingerprint density at radius 2 is 2.00 bits per heavy atom. The van der Waals surface area contributed by atoms with Gasteiger partial charge in [-0.2, -0.15) is 0 Å². The van der Waals surface area contributed by atoms with Gasteiger partial charge >= 0.3 is 5.97 Å². The smallest absolute Gasteiger partial charge is 0.309 e. The van der Waals surface area contributed by atoms with Crippen LogP contribution in [0.1, 0.15) is 25.3 Å². The molecule has 0 bridgehead atoms. The molecule has 1 saturated heterocycles. The number of amides is 1. The minimum Gasteiger partial charge on any atom is -0.466 e. The van der Waals surface area contributed by atoms with E-state index < -0.39 is 0 Å². The molecule has 0 saturated carbocycles. The SMILES string of the molecule is CCOC(=O)C1CCN(C(=NC)NCC(=O)Nc2cc(Br)ccc2C)CC1.I. The number of rotatable bonds is 5. The molecule has 2 N–H and O–H groups in total. The van der Waals surface area contributed by atoms with E-state index in [2.05, 4.69) is 36.5 Å². The highest BCUT2D eigenvalue weighted by Gasteiger charge is 2.27. The molecule has 1 aromatic carbocycles. The maximum Gasteiger partial charge on any atom is 0.309 e. The van der Waals surface area contributed by atoms with Crippen LogP contribution in [0.3, 0.4) is 0 Å². The van der Waals surface area contributed by atoms with Gasteiger partial charge < -0.3 is 20.3 Å². The number of likely N-dealkylation sites (tertiary alicyclic amines) is 1. The van der Waals surface area contributed by atoms with Gasteiger partial charge in [-0.25, -0.2) is 0 Å². The Hall–Kier alpha value is -1.36. The summed E-state index contributed by atoms with van der Waals surface area (Å²) in [4.78, 5) is 30.4. The lowest BCUT2D eigenvalue weighted by molar-refractivity contribution is -0.149. The molecule has 7 nitrogen and oxygen atoms in total. The summed E-state index contributed by atoms with van der Waals surface area (Å²) >= 11 is 3.41. The Morgan fingerprint density at radius 3 is 2.61 bits per heavy atom. The zero-order valence-corrected chi connectivity index (χ0v) is 20.4. The number of carbonyl (C=O) groups excluding carboxylic acids is 2. The lowest BCUT2D eigenvalue weighted by Crippen LogP contribution is -2.48. The van der Waals surface area contributed by atoms with Crippen LogP contribution in [0.4, 0.5) is 5.69 Å². The van der Waals surface area contributed by atoms with Crippen LogP contribution in [-0.4, -0.2) is 56.0 Å². The van der Waals surface area contributed by atoms with Crippen molar-refractivity contribution in [3.63, 3.8) is 0 Å². The predicted molar refractivity (Wildman–Crippen MR) is 125 cm³/mol. The van der Waals surface area contributed by atoms with E-state index in [9.17, 15) is 9.59 Å². The van der Waals surface area contributed by atoms with Crippen molar-refractivity contribution in [1.82, 2.24) is 10.2 Å². The Balaban J connectivity index is 0.00000392. The third-order valence-electron chi connectivity index (χ3n) is 4.51. The van der Waals surface area contributed by atoms with E-state index in [0.29, 0.717) is 25.7 Å². The van der Waals surface area contributed by atoms with Gasteiger partial charge in [0.15, 0.2) is 5.96 Å². The van der Waals surface area contributed by atoms with Crippen molar-refractivity contribution in [2.75, 3.05) is 38.6 Å². The van der Waals surface area contributed by atoms with E-state index in [1.807, 2.05) is 32.0 Å². The Kier molecular flexibility index (Phi) is 10.8. The molecule has 2 rings (SSSR count). The third-order valence-corrected chi connectivity index (χ3v) is 5.00. The summed E-state index contributed by atoms with van der Waals surface area (Å²) in [5, 5.41) is 6.00.